The van der Waals surface area contributed by atoms with Gasteiger partial charge in [-0.2, -0.15) is 0 Å². The number of benzene rings is 1. The lowest BCUT2D eigenvalue weighted by Crippen LogP contribution is -2.48. The van der Waals surface area contributed by atoms with Gasteiger partial charge in [0.2, 0.25) is 5.91 Å². The van der Waals surface area contributed by atoms with E-state index in [4.69, 9.17) is 14.5 Å². The van der Waals surface area contributed by atoms with Gasteiger partial charge in [-0.3, -0.25) is 14.6 Å². The molecule has 38 heavy (non-hydrogen) atoms. The van der Waals surface area contributed by atoms with Gasteiger partial charge in [0.1, 0.15) is 0 Å². The second kappa shape index (κ2) is 11.9. The number of hydrogen-bond acceptors (Lipinski definition) is 8. The molecule has 1 aromatic carbocycles. The van der Waals surface area contributed by atoms with Crippen molar-refractivity contribution in [3.63, 3.8) is 0 Å². The van der Waals surface area contributed by atoms with Gasteiger partial charge in [0.25, 0.3) is 5.91 Å². The van der Waals surface area contributed by atoms with Crippen LogP contribution in [0.3, 0.4) is 0 Å². The van der Waals surface area contributed by atoms with E-state index >= 15 is 0 Å². The normalized spacial score (nSPS) is 16.1. The Morgan fingerprint density at radius 3 is 2.61 bits per heavy atom. The molecule has 1 saturated carbocycles. The third kappa shape index (κ3) is 6.31. The topological polar surface area (TPSA) is 96.9 Å². The molecule has 1 saturated heterocycles. The van der Waals surface area contributed by atoms with Crippen LogP contribution in [0.15, 0.2) is 42.0 Å². The molecule has 1 aliphatic heterocycles. The smallest absolute Gasteiger partial charge is 0.260 e. The summed E-state index contributed by atoms with van der Waals surface area (Å²) in [5.74, 6) is 1.59. The maximum Gasteiger partial charge on any atom is 0.260 e. The number of aromatic nitrogens is 2. The fourth-order valence-corrected chi connectivity index (χ4v) is 5.36. The molecule has 2 fully saturated rings. The van der Waals surface area contributed by atoms with Gasteiger partial charge in [0, 0.05) is 43.5 Å². The average Bonchev–Trinajstić information content (AvgIpc) is 3.38. The number of rotatable bonds is 9. The molecule has 2 amide bonds. The molecule has 9 nitrogen and oxygen atoms in total. The van der Waals surface area contributed by atoms with E-state index in [2.05, 4.69) is 22.2 Å². The molecule has 10 heteroatoms. The minimum atomic E-state index is -0.0351. The van der Waals surface area contributed by atoms with Crippen molar-refractivity contribution in [1.82, 2.24) is 19.8 Å². The molecule has 0 spiro atoms. The van der Waals surface area contributed by atoms with E-state index in [0.29, 0.717) is 42.6 Å². The molecule has 0 bridgehead atoms. The molecule has 0 unspecified atom stereocenters. The van der Waals surface area contributed by atoms with Gasteiger partial charge < -0.3 is 24.6 Å². The van der Waals surface area contributed by atoms with Crippen molar-refractivity contribution in [3.05, 3.63) is 42.0 Å². The molecule has 2 aromatic heterocycles. The van der Waals surface area contributed by atoms with Crippen LogP contribution in [0.4, 0.5) is 5.69 Å². The molecule has 3 aromatic rings. The summed E-state index contributed by atoms with van der Waals surface area (Å²) in [7, 11) is 3.63. The van der Waals surface area contributed by atoms with E-state index in [-0.39, 0.29) is 18.4 Å². The first-order chi connectivity index (χ1) is 18.5. The van der Waals surface area contributed by atoms with E-state index in [9.17, 15) is 9.59 Å². The number of carbonyl (C=O) groups is 2. The van der Waals surface area contributed by atoms with Crippen LogP contribution >= 0.6 is 11.3 Å². The first-order valence-corrected chi connectivity index (χ1v) is 13.8. The highest BCUT2D eigenvalue weighted by molar-refractivity contribution is 7.14. The number of anilines is 1. The molecular weight excluding hydrogens is 502 g/mol. The Morgan fingerprint density at radius 1 is 1.08 bits per heavy atom. The number of ether oxygens (including phenoxy) is 2. The van der Waals surface area contributed by atoms with Gasteiger partial charge in [-0.25, -0.2) is 4.98 Å². The van der Waals surface area contributed by atoms with E-state index < -0.39 is 0 Å². The molecule has 3 heterocycles. The predicted octanol–water partition coefficient (Wildman–Crippen LogP) is 4.16. The van der Waals surface area contributed by atoms with Crippen LogP contribution in [0.2, 0.25) is 0 Å². The van der Waals surface area contributed by atoms with Gasteiger partial charge in [-0.1, -0.05) is 6.42 Å². The molecule has 2 aliphatic rings. The average molecular weight is 536 g/mol. The summed E-state index contributed by atoms with van der Waals surface area (Å²) >= 11 is 1.52. The summed E-state index contributed by atoms with van der Waals surface area (Å²) in [6, 6.07) is 7.45. The molecular formula is C28H33N5O4S. The Kier molecular flexibility index (Phi) is 8.19. The SMILES string of the molecule is COc1cc(-c2cncc(-c3cc(NC(=O)CC4CCC4)cs3)n2)ccc1OCC(=O)N1CCN(C)CC1. The largest absolute Gasteiger partial charge is 0.493 e. The van der Waals surface area contributed by atoms with Crippen LogP contribution < -0.4 is 14.8 Å². The number of carbonyl (C=O) groups excluding carboxylic acids is 2. The first kappa shape index (κ1) is 26.1. The first-order valence-electron chi connectivity index (χ1n) is 13.0. The molecule has 1 aliphatic carbocycles. The maximum absolute atomic E-state index is 12.6. The van der Waals surface area contributed by atoms with Crippen molar-refractivity contribution < 1.29 is 19.1 Å². The zero-order valence-corrected chi connectivity index (χ0v) is 22.6. The Bertz CT molecular complexity index is 1280. The standard InChI is InChI=1S/C28H33N5O4S/c1-32-8-10-33(11-9-32)28(35)17-37-24-7-6-20(13-25(24)36-2)22-15-29-16-23(31-22)26-14-21(18-38-26)30-27(34)12-19-4-3-5-19/h6-7,13-16,18-19H,3-5,8-12,17H2,1-2H3,(H,30,34). The third-order valence-electron chi connectivity index (χ3n) is 7.14. The molecule has 0 radical (unpaired) electrons. The second-order valence-electron chi connectivity index (χ2n) is 9.88. The lowest BCUT2D eigenvalue weighted by atomic mass is 9.83. The Balaban J connectivity index is 1.24. The summed E-state index contributed by atoms with van der Waals surface area (Å²) in [6.07, 6.45) is 7.53. The van der Waals surface area contributed by atoms with Gasteiger partial charge >= 0.3 is 0 Å². The van der Waals surface area contributed by atoms with Crippen molar-refractivity contribution in [2.75, 3.05) is 52.3 Å². The Morgan fingerprint density at radius 2 is 1.87 bits per heavy atom. The minimum absolute atomic E-state index is 0.0302. The van der Waals surface area contributed by atoms with Crippen LogP contribution in [0.25, 0.3) is 21.8 Å². The van der Waals surface area contributed by atoms with Gasteiger partial charge in [-0.15, -0.1) is 11.3 Å². The van der Waals surface area contributed by atoms with Gasteiger partial charge in [0.15, 0.2) is 18.1 Å². The highest BCUT2D eigenvalue weighted by Gasteiger charge is 2.22. The number of methoxy groups -OCH3 is 1. The highest BCUT2D eigenvalue weighted by atomic mass is 32.1. The van der Waals surface area contributed by atoms with Crippen molar-refractivity contribution in [3.8, 4) is 33.3 Å². The molecule has 5 rings (SSSR count). The van der Waals surface area contributed by atoms with E-state index in [1.807, 2.05) is 28.5 Å². The van der Waals surface area contributed by atoms with Crippen LogP contribution in [0.1, 0.15) is 25.7 Å². The van der Waals surface area contributed by atoms with Crippen molar-refractivity contribution >= 4 is 28.8 Å². The van der Waals surface area contributed by atoms with E-state index in [0.717, 1.165) is 47.8 Å². The van der Waals surface area contributed by atoms with Gasteiger partial charge in [0.05, 0.1) is 41.5 Å². The summed E-state index contributed by atoms with van der Waals surface area (Å²) < 4.78 is 11.4. The number of piperazine rings is 1. The van der Waals surface area contributed by atoms with Crippen molar-refractivity contribution in [2.45, 2.75) is 25.7 Å². The fourth-order valence-electron chi connectivity index (χ4n) is 4.56. The number of hydrogen-bond donors (Lipinski definition) is 1. The van der Waals surface area contributed by atoms with Crippen molar-refractivity contribution in [2.24, 2.45) is 5.92 Å². The predicted molar refractivity (Wildman–Crippen MR) is 147 cm³/mol. The number of likely N-dealkylation sites (N-methyl/N-ethyl adjacent to an activating group) is 1. The molecule has 1 N–H and O–H groups in total. The number of nitrogens with zero attached hydrogens (tertiary/aromatic N) is 4. The zero-order chi connectivity index (χ0) is 26.5. The number of nitrogens with one attached hydrogen (secondary N) is 1. The summed E-state index contributed by atoms with van der Waals surface area (Å²) in [6.45, 7) is 3.12. The summed E-state index contributed by atoms with van der Waals surface area (Å²) in [5.41, 5.74) is 3.02. The minimum Gasteiger partial charge on any atom is -0.493 e. The highest BCUT2D eigenvalue weighted by Crippen LogP contribution is 2.34. The van der Waals surface area contributed by atoms with Crippen molar-refractivity contribution in [1.29, 1.82) is 0 Å². The summed E-state index contributed by atoms with van der Waals surface area (Å²) in [5, 5.41) is 4.94. The molecule has 0 atom stereocenters. The quantitative estimate of drug-likeness (QED) is 0.439. The maximum atomic E-state index is 12.6. The fraction of sp³-hybridized carbons (Fsp3) is 0.429. The molecule has 200 valence electrons. The third-order valence-corrected chi connectivity index (χ3v) is 8.09. The van der Waals surface area contributed by atoms with Crippen LogP contribution in [-0.2, 0) is 9.59 Å². The lowest BCUT2D eigenvalue weighted by Gasteiger charge is -2.32. The van der Waals surface area contributed by atoms with E-state index in [1.54, 1.807) is 25.6 Å². The van der Waals surface area contributed by atoms with Gasteiger partial charge in [-0.05, 0) is 50.1 Å². The number of amides is 2. The van der Waals surface area contributed by atoms with Crippen LogP contribution in [-0.4, -0.2) is 78.5 Å². The lowest BCUT2D eigenvalue weighted by molar-refractivity contribution is -0.135. The van der Waals surface area contributed by atoms with E-state index in [1.165, 1.54) is 17.8 Å². The summed E-state index contributed by atoms with van der Waals surface area (Å²) in [4.78, 5) is 39.0. The zero-order valence-electron chi connectivity index (χ0n) is 21.8. The number of thiophene rings is 1. The van der Waals surface area contributed by atoms with Crippen LogP contribution in [0, 0.1) is 5.92 Å². The monoisotopic (exact) mass is 535 g/mol. The Hall–Kier alpha value is -3.50. The Labute approximate surface area is 226 Å². The van der Waals surface area contributed by atoms with Crippen LogP contribution in [0.5, 0.6) is 11.5 Å². The second-order valence-corrected chi connectivity index (χ2v) is 10.8.